The van der Waals surface area contributed by atoms with Gasteiger partial charge in [-0.1, -0.05) is 12.1 Å². The van der Waals surface area contributed by atoms with Crippen LogP contribution in [0.4, 0.5) is 5.95 Å². The molecule has 4 rings (SSSR count). The van der Waals surface area contributed by atoms with Gasteiger partial charge >= 0.3 is 0 Å². The summed E-state index contributed by atoms with van der Waals surface area (Å²) in [7, 11) is 0. The van der Waals surface area contributed by atoms with E-state index in [4.69, 9.17) is 9.47 Å². The van der Waals surface area contributed by atoms with Crippen LogP contribution < -0.4 is 10.1 Å². The van der Waals surface area contributed by atoms with Crippen LogP contribution in [-0.2, 0) is 4.74 Å². The number of hydrogen-bond donors (Lipinski definition) is 2. The summed E-state index contributed by atoms with van der Waals surface area (Å²) in [5.41, 5.74) is 0.831. The molecule has 1 atom stereocenters. The number of rotatable bonds is 4. The zero-order valence-electron chi connectivity index (χ0n) is 13.6. The van der Waals surface area contributed by atoms with Crippen LogP contribution in [-0.4, -0.2) is 46.5 Å². The monoisotopic (exact) mass is 329 g/mol. The van der Waals surface area contributed by atoms with Crippen molar-refractivity contribution in [3.63, 3.8) is 0 Å². The Bertz CT molecular complexity index is 695. The fraction of sp³-hybridized carbons (Fsp3) is 0.556. The number of nitrogens with one attached hydrogen (secondary N) is 1. The normalized spacial score (nSPS) is 27.3. The molecule has 1 aromatic carbocycles. The van der Waals surface area contributed by atoms with Gasteiger partial charge in [-0.05, 0) is 31.7 Å². The summed E-state index contributed by atoms with van der Waals surface area (Å²) < 4.78 is 11.5. The van der Waals surface area contributed by atoms with Gasteiger partial charge < -0.3 is 19.9 Å². The molecule has 128 valence electrons. The number of anilines is 1. The summed E-state index contributed by atoms with van der Waals surface area (Å²) in [5, 5.41) is 14.0. The van der Waals surface area contributed by atoms with E-state index in [1.807, 2.05) is 24.4 Å². The zero-order valence-corrected chi connectivity index (χ0v) is 13.6. The first kappa shape index (κ1) is 15.6. The number of nitrogens with zero attached hydrogens (tertiary/aromatic N) is 2. The van der Waals surface area contributed by atoms with Crippen LogP contribution >= 0.6 is 0 Å². The van der Waals surface area contributed by atoms with Crippen molar-refractivity contribution >= 4 is 16.9 Å². The molecule has 0 bridgehead atoms. The van der Waals surface area contributed by atoms with E-state index in [-0.39, 0.29) is 12.2 Å². The highest BCUT2D eigenvalue weighted by molar-refractivity contribution is 5.84. The molecule has 2 N–H and O–H groups in total. The van der Waals surface area contributed by atoms with E-state index in [2.05, 4.69) is 15.3 Å². The minimum Gasteiger partial charge on any atom is -0.486 e. The summed E-state index contributed by atoms with van der Waals surface area (Å²) in [6.07, 6.45) is 6.25. The lowest BCUT2D eigenvalue weighted by atomic mass is 9.93. The average Bonchev–Trinajstić information content (AvgIpc) is 3.11. The van der Waals surface area contributed by atoms with Crippen molar-refractivity contribution in [1.82, 2.24) is 9.97 Å². The van der Waals surface area contributed by atoms with Gasteiger partial charge in [0.25, 0.3) is 0 Å². The van der Waals surface area contributed by atoms with Crippen LogP contribution in [0, 0.1) is 0 Å². The van der Waals surface area contributed by atoms with Crippen LogP contribution in [0.15, 0.2) is 24.4 Å². The first-order chi connectivity index (χ1) is 11.8. The molecule has 2 heterocycles. The molecule has 2 fully saturated rings. The van der Waals surface area contributed by atoms with Gasteiger partial charge in [-0.3, -0.25) is 0 Å². The zero-order chi connectivity index (χ0) is 16.4. The fourth-order valence-corrected chi connectivity index (χ4v) is 3.38. The molecule has 0 amide bonds. The fourth-order valence-electron chi connectivity index (χ4n) is 3.38. The Morgan fingerprint density at radius 1 is 1.17 bits per heavy atom. The van der Waals surface area contributed by atoms with Crippen molar-refractivity contribution in [2.24, 2.45) is 0 Å². The number of aliphatic hydroxyl groups is 1. The van der Waals surface area contributed by atoms with Gasteiger partial charge in [0.15, 0.2) is 0 Å². The first-order valence-electron chi connectivity index (χ1n) is 8.73. The van der Waals surface area contributed by atoms with Crippen LogP contribution in [0.25, 0.3) is 10.9 Å². The van der Waals surface area contributed by atoms with E-state index in [0.29, 0.717) is 18.6 Å². The molecule has 1 unspecified atom stereocenters. The van der Waals surface area contributed by atoms with Crippen molar-refractivity contribution in [3.8, 4) is 5.75 Å². The van der Waals surface area contributed by atoms with Crippen LogP contribution in [0.2, 0.25) is 0 Å². The van der Waals surface area contributed by atoms with E-state index in [9.17, 15) is 5.11 Å². The average molecular weight is 329 g/mol. The maximum Gasteiger partial charge on any atom is 0.223 e. The second kappa shape index (κ2) is 6.91. The Labute approximate surface area is 141 Å². The molecule has 2 aromatic rings. The maximum atomic E-state index is 9.62. The van der Waals surface area contributed by atoms with Crippen molar-refractivity contribution in [1.29, 1.82) is 0 Å². The third kappa shape index (κ3) is 3.44. The van der Waals surface area contributed by atoms with Gasteiger partial charge in [-0.2, -0.15) is 0 Å². The second-order valence-electron chi connectivity index (χ2n) is 6.64. The molecule has 6 nitrogen and oxygen atoms in total. The summed E-state index contributed by atoms with van der Waals surface area (Å²) in [6.45, 7) is 1.39. The minimum atomic E-state index is -0.158. The highest BCUT2D eigenvalue weighted by Gasteiger charge is 2.21. The summed E-state index contributed by atoms with van der Waals surface area (Å²) >= 11 is 0. The minimum absolute atomic E-state index is 0.0989. The summed E-state index contributed by atoms with van der Waals surface area (Å²) in [4.78, 5) is 9.11. The first-order valence-corrected chi connectivity index (χ1v) is 8.73. The van der Waals surface area contributed by atoms with Crippen LogP contribution in [0.5, 0.6) is 5.75 Å². The highest BCUT2D eigenvalue weighted by Crippen LogP contribution is 2.27. The predicted octanol–water partition coefficient (Wildman–Crippen LogP) is 2.51. The Balaban J connectivity index is 1.54. The Kier molecular flexibility index (Phi) is 4.49. The SMILES string of the molecule is O[C@H]1CC[C@H](Nc2ncc3cccc(OC4CCOC4)c3n2)CC1. The van der Waals surface area contributed by atoms with Crippen LogP contribution in [0.1, 0.15) is 32.1 Å². The molecular weight excluding hydrogens is 306 g/mol. The van der Waals surface area contributed by atoms with E-state index >= 15 is 0 Å². The Morgan fingerprint density at radius 2 is 2.04 bits per heavy atom. The number of aliphatic hydroxyl groups excluding tert-OH is 1. The van der Waals surface area contributed by atoms with Gasteiger partial charge in [0.1, 0.15) is 17.4 Å². The quantitative estimate of drug-likeness (QED) is 0.897. The molecule has 0 radical (unpaired) electrons. The number of para-hydroxylation sites is 1. The molecule has 1 saturated carbocycles. The summed E-state index contributed by atoms with van der Waals surface area (Å²) in [5.74, 6) is 1.41. The molecule has 2 aliphatic rings. The van der Waals surface area contributed by atoms with Gasteiger partial charge in [0.05, 0.1) is 19.3 Å². The largest absolute Gasteiger partial charge is 0.486 e. The topological polar surface area (TPSA) is 76.5 Å². The number of fused-ring (bicyclic) bond motifs is 1. The lowest BCUT2D eigenvalue weighted by Gasteiger charge is -2.26. The lowest BCUT2D eigenvalue weighted by molar-refractivity contribution is 0.126. The Morgan fingerprint density at radius 3 is 2.83 bits per heavy atom. The molecular formula is C18H23N3O3. The van der Waals surface area contributed by atoms with Gasteiger partial charge in [-0.25, -0.2) is 9.97 Å². The molecule has 1 aliphatic heterocycles. The number of hydrogen-bond acceptors (Lipinski definition) is 6. The van der Waals surface area contributed by atoms with Crippen molar-refractivity contribution in [2.45, 2.75) is 50.4 Å². The van der Waals surface area contributed by atoms with Crippen LogP contribution in [0.3, 0.4) is 0 Å². The third-order valence-electron chi connectivity index (χ3n) is 4.79. The van der Waals surface area contributed by atoms with Crippen molar-refractivity contribution < 1.29 is 14.6 Å². The molecule has 6 heteroatoms. The van der Waals surface area contributed by atoms with E-state index < -0.39 is 0 Å². The smallest absolute Gasteiger partial charge is 0.223 e. The predicted molar refractivity (Wildman–Crippen MR) is 91.3 cm³/mol. The number of ether oxygens (including phenoxy) is 2. The Hall–Kier alpha value is -1.92. The number of aromatic nitrogens is 2. The van der Waals surface area contributed by atoms with Gasteiger partial charge in [0, 0.05) is 24.0 Å². The van der Waals surface area contributed by atoms with Gasteiger partial charge in [0.2, 0.25) is 5.95 Å². The molecule has 0 spiro atoms. The second-order valence-corrected chi connectivity index (χ2v) is 6.64. The number of benzene rings is 1. The highest BCUT2D eigenvalue weighted by atomic mass is 16.5. The molecule has 24 heavy (non-hydrogen) atoms. The van der Waals surface area contributed by atoms with Crippen molar-refractivity contribution in [3.05, 3.63) is 24.4 Å². The molecule has 1 aliphatic carbocycles. The van der Waals surface area contributed by atoms with E-state index in [0.717, 1.165) is 55.4 Å². The van der Waals surface area contributed by atoms with Gasteiger partial charge in [-0.15, -0.1) is 0 Å². The molecule has 1 saturated heterocycles. The third-order valence-corrected chi connectivity index (χ3v) is 4.79. The molecule has 1 aromatic heterocycles. The van der Waals surface area contributed by atoms with E-state index in [1.54, 1.807) is 0 Å². The van der Waals surface area contributed by atoms with E-state index in [1.165, 1.54) is 0 Å². The lowest BCUT2D eigenvalue weighted by Crippen LogP contribution is -2.28. The standard InChI is InChI=1S/C18H23N3O3/c22-14-6-4-13(5-7-14)20-18-19-10-12-2-1-3-16(17(12)21-18)24-15-8-9-23-11-15/h1-3,10,13-15,22H,4-9,11H2,(H,19,20,21)/t13-,14-,15?. The summed E-state index contributed by atoms with van der Waals surface area (Å²) in [6, 6.07) is 6.23. The maximum absolute atomic E-state index is 9.62. The van der Waals surface area contributed by atoms with Crippen molar-refractivity contribution in [2.75, 3.05) is 18.5 Å².